The Kier molecular flexibility index (Phi) is 46.3. The number of unbranched alkanes of at least 4 members (excludes halogenated alkanes) is 36. The standard InChI is InChI=1S/C58H111O12P/c1-3-5-7-9-11-13-15-17-19-21-23-25-27-29-31-33-35-37-39-41-43-45-47-52(59)69-51(50-68-71(65,66)70-58-56(63)54(61)53(60)55(62)57(58)64)49-67-48-46-44-42-40-38-36-34-32-30-28-26-24-22-20-18-16-14-12-10-8-6-4-2/h16,18,22,24,51,53-58,60-64H,3-15,17,19-21,23,25-50H2,1-2H3,(H,65,66)/b18-16-,24-22-. The number of hydrogen-bond donors (Lipinski definition) is 6. The Hall–Kier alpha value is -1.18. The molecule has 1 fully saturated rings. The summed E-state index contributed by atoms with van der Waals surface area (Å²) in [5.74, 6) is -0.471. The molecule has 6 atom stereocenters. The Morgan fingerprint density at radius 3 is 1.18 bits per heavy atom. The SMILES string of the molecule is CCCCCCC/C=C\C/C=C\CCCCCCCCCCCCOCC(COP(=O)(O)OC1C(O)C(O)C(O)C(O)C1O)OC(=O)CCCCCCCCCCCCCCCCCCCCCCCC. The number of phosphoric ester groups is 1. The monoisotopic (exact) mass is 1030 g/mol. The van der Waals surface area contributed by atoms with E-state index in [1.807, 2.05) is 0 Å². The molecular weight excluding hydrogens is 920 g/mol. The fourth-order valence-corrected chi connectivity index (χ4v) is 10.4. The number of allylic oxidation sites excluding steroid dienone is 4. The maximum Gasteiger partial charge on any atom is 0.472 e. The summed E-state index contributed by atoms with van der Waals surface area (Å²) in [5.41, 5.74) is 0. The third-order valence-electron chi connectivity index (χ3n) is 14.1. The second-order valence-electron chi connectivity index (χ2n) is 20.9. The van der Waals surface area contributed by atoms with Gasteiger partial charge in [-0.05, 0) is 44.9 Å². The molecule has 0 radical (unpaired) electrons. The van der Waals surface area contributed by atoms with Gasteiger partial charge in [0.25, 0.3) is 0 Å². The Morgan fingerprint density at radius 2 is 0.789 bits per heavy atom. The Labute approximate surface area is 434 Å². The van der Waals surface area contributed by atoms with Crippen molar-refractivity contribution in [2.45, 2.75) is 320 Å². The first-order valence-electron chi connectivity index (χ1n) is 29.7. The summed E-state index contributed by atoms with van der Waals surface area (Å²) in [7, 11) is -5.02. The quantitative estimate of drug-likeness (QED) is 0.0146. The molecule has 0 aromatic carbocycles. The smallest absolute Gasteiger partial charge is 0.457 e. The van der Waals surface area contributed by atoms with Gasteiger partial charge in [0, 0.05) is 13.0 Å². The van der Waals surface area contributed by atoms with E-state index in [9.17, 15) is 39.8 Å². The molecule has 0 aromatic rings. The molecule has 420 valence electrons. The summed E-state index contributed by atoms with van der Waals surface area (Å²) < 4.78 is 34.4. The van der Waals surface area contributed by atoms with E-state index in [2.05, 4.69) is 38.2 Å². The second kappa shape index (κ2) is 48.5. The summed E-state index contributed by atoms with van der Waals surface area (Å²) in [6.07, 6.45) is 46.8. The predicted molar refractivity (Wildman–Crippen MR) is 290 cm³/mol. The van der Waals surface area contributed by atoms with E-state index < -0.39 is 63.1 Å². The number of ether oxygens (including phenoxy) is 2. The molecule has 1 saturated carbocycles. The molecule has 0 aliphatic heterocycles. The highest BCUT2D eigenvalue weighted by molar-refractivity contribution is 7.47. The van der Waals surface area contributed by atoms with Gasteiger partial charge < -0.3 is 39.9 Å². The predicted octanol–water partition coefficient (Wildman–Crippen LogP) is 14.4. The lowest BCUT2D eigenvalue weighted by Crippen LogP contribution is -2.64. The van der Waals surface area contributed by atoms with Crippen LogP contribution >= 0.6 is 7.82 Å². The molecule has 0 amide bonds. The fourth-order valence-electron chi connectivity index (χ4n) is 9.39. The van der Waals surface area contributed by atoms with Crippen LogP contribution in [0.15, 0.2) is 24.3 Å². The van der Waals surface area contributed by atoms with Crippen molar-refractivity contribution in [1.29, 1.82) is 0 Å². The van der Waals surface area contributed by atoms with E-state index in [0.717, 1.165) is 44.9 Å². The number of carbonyl (C=O) groups is 1. The van der Waals surface area contributed by atoms with E-state index in [-0.39, 0.29) is 13.0 Å². The molecule has 1 aliphatic rings. The molecule has 0 saturated heterocycles. The number of esters is 1. The largest absolute Gasteiger partial charge is 0.472 e. The molecular formula is C58H111O12P. The van der Waals surface area contributed by atoms with Gasteiger partial charge in [-0.25, -0.2) is 4.57 Å². The molecule has 0 aromatic heterocycles. The molecule has 0 spiro atoms. The summed E-state index contributed by atoms with van der Waals surface area (Å²) in [5, 5.41) is 50.4. The Bertz CT molecular complexity index is 1270. The zero-order valence-electron chi connectivity index (χ0n) is 45.5. The van der Waals surface area contributed by atoms with Crippen molar-refractivity contribution in [3.63, 3.8) is 0 Å². The van der Waals surface area contributed by atoms with Gasteiger partial charge in [-0.15, -0.1) is 0 Å². The van der Waals surface area contributed by atoms with Gasteiger partial charge in [-0.2, -0.15) is 0 Å². The topological polar surface area (TPSA) is 192 Å². The van der Waals surface area contributed by atoms with Crippen LogP contribution in [0.4, 0.5) is 0 Å². The lowest BCUT2D eigenvalue weighted by molar-refractivity contribution is -0.220. The van der Waals surface area contributed by atoms with Crippen LogP contribution in [0.2, 0.25) is 0 Å². The average molecular weight is 1030 g/mol. The van der Waals surface area contributed by atoms with Crippen molar-refractivity contribution in [2.75, 3.05) is 19.8 Å². The van der Waals surface area contributed by atoms with E-state index in [1.54, 1.807) is 0 Å². The highest BCUT2D eigenvalue weighted by atomic mass is 31.2. The van der Waals surface area contributed by atoms with Crippen LogP contribution in [0.1, 0.15) is 277 Å². The number of carbonyl (C=O) groups excluding carboxylic acids is 1. The van der Waals surface area contributed by atoms with Gasteiger partial charge in [0.1, 0.15) is 42.7 Å². The van der Waals surface area contributed by atoms with Crippen LogP contribution < -0.4 is 0 Å². The minimum atomic E-state index is -5.02. The third kappa shape index (κ3) is 39.8. The lowest BCUT2D eigenvalue weighted by atomic mass is 9.85. The van der Waals surface area contributed by atoms with Crippen LogP contribution in [0, 0.1) is 0 Å². The zero-order chi connectivity index (χ0) is 51.9. The van der Waals surface area contributed by atoms with E-state index in [0.29, 0.717) is 13.0 Å². The summed E-state index contributed by atoms with van der Waals surface area (Å²) in [6, 6.07) is 0. The van der Waals surface area contributed by atoms with Crippen molar-refractivity contribution < 1.29 is 58.3 Å². The molecule has 6 unspecified atom stereocenters. The molecule has 0 heterocycles. The van der Waals surface area contributed by atoms with Crippen LogP contribution in [0.5, 0.6) is 0 Å². The maximum atomic E-state index is 12.9. The fraction of sp³-hybridized carbons (Fsp3) is 0.914. The highest BCUT2D eigenvalue weighted by Gasteiger charge is 2.51. The van der Waals surface area contributed by atoms with E-state index >= 15 is 0 Å². The van der Waals surface area contributed by atoms with Gasteiger partial charge in [-0.3, -0.25) is 13.8 Å². The molecule has 13 heteroatoms. The van der Waals surface area contributed by atoms with E-state index in [4.69, 9.17) is 18.5 Å². The normalized spacial score (nSPS) is 20.8. The number of aliphatic hydroxyl groups is 5. The third-order valence-corrected chi connectivity index (χ3v) is 15.1. The van der Waals surface area contributed by atoms with Gasteiger partial charge in [0.15, 0.2) is 0 Å². The van der Waals surface area contributed by atoms with Gasteiger partial charge in [0.2, 0.25) is 0 Å². The first-order valence-corrected chi connectivity index (χ1v) is 31.2. The van der Waals surface area contributed by atoms with Crippen molar-refractivity contribution in [1.82, 2.24) is 0 Å². The van der Waals surface area contributed by atoms with Crippen LogP contribution in [-0.4, -0.2) is 98.9 Å². The Balaban J connectivity index is 2.26. The molecule has 71 heavy (non-hydrogen) atoms. The zero-order valence-corrected chi connectivity index (χ0v) is 46.4. The summed E-state index contributed by atoms with van der Waals surface area (Å²) in [4.78, 5) is 23.3. The van der Waals surface area contributed by atoms with Gasteiger partial charge >= 0.3 is 13.8 Å². The first kappa shape index (κ1) is 67.8. The minimum absolute atomic E-state index is 0.0739. The number of hydrogen-bond acceptors (Lipinski definition) is 11. The maximum absolute atomic E-state index is 12.9. The van der Waals surface area contributed by atoms with Crippen molar-refractivity contribution >= 4 is 13.8 Å². The minimum Gasteiger partial charge on any atom is -0.457 e. The van der Waals surface area contributed by atoms with Crippen LogP contribution in [0.25, 0.3) is 0 Å². The summed E-state index contributed by atoms with van der Waals surface area (Å²) in [6.45, 7) is 4.31. The molecule has 1 aliphatic carbocycles. The van der Waals surface area contributed by atoms with Crippen molar-refractivity contribution in [2.24, 2.45) is 0 Å². The number of rotatable bonds is 52. The highest BCUT2D eigenvalue weighted by Crippen LogP contribution is 2.47. The molecule has 1 rings (SSSR count). The van der Waals surface area contributed by atoms with Gasteiger partial charge in [-0.1, -0.05) is 250 Å². The van der Waals surface area contributed by atoms with Crippen molar-refractivity contribution in [3.05, 3.63) is 24.3 Å². The van der Waals surface area contributed by atoms with E-state index in [1.165, 1.54) is 205 Å². The first-order chi connectivity index (χ1) is 34.5. The lowest BCUT2D eigenvalue weighted by Gasteiger charge is -2.41. The Morgan fingerprint density at radius 1 is 0.451 bits per heavy atom. The summed E-state index contributed by atoms with van der Waals surface area (Å²) >= 11 is 0. The second-order valence-corrected chi connectivity index (χ2v) is 22.3. The molecule has 6 N–H and O–H groups in total. The molecule has 0 bridgehead atoms. The number of aliphatic hydroxyl groups excluding tert-OH is 5. The van der Waals surface area contributed by atoms with Gasteiger partial charge in [0.05, 0.1) is 13.2 Å². The average Bonchev–Trinajstić information content (AvgIpc) is 3.36. The van der Waals surface area contributed by atoms with Crippen LogP contribution in [-0.2, 0) is 27.9 Å². The number of phosphoric acid groups is 1. The van der Waals surface area contributed by atoms with Crippen LogP contribution in [0.3, 0.4) is 0 Å². The van der Waals surface area contributed by atoms with Crippen molar-refractivity contribution in [3.8, 4) is 0 Å². The molecule has 12 nitrogen and oxygen atoms in total.